The second-order valence-corrected chi connectivity index (χ2v) is 5.89. The number of anilines is 1. The van der Waals surface area contributed by atoms with E-state index < -0.39 is 0 Å². The molecule has 1 aromatic carbocycles. The highest BCUT2D eigenvalue weighted by Crippen LogP contribution is 2.20. The summed E-state index contributed by atoms with van der Waals surface area (Å²) in [6.07, 6.45) is 0. The van der Waals surface area contributed by atoms with E-state index in [-0.39, 0.29) is 18.0 Å². The van der Waals surface area contributed by atoms with Crippen molar-refractivity contribution in [1.29, 1.82) is 0 Å². The van der Waals surface area contributed by atoms with Crippen molar-refractivity contribution in [2.24, 2.45) is 11.5 Å². The van der Waals surface area contributed by atoms with E-state index >= 15 is 0 Å². The Hall–Kier alpha value is -0.950. The van der Waals surface area contributed by atoms with E-state index in [9.17, 15) is 4.79 Å². The first-order valence-corrected chi connectivity index (χ1v) is 7.04. The van der Waals surface area contributed by atoms with Crippen molar-refractivity contribution < 1.29 is 4.79 Å². The minimum Gasteiger partial charge on any atom is -0.325 e. The molecule has 2 rings (SSSR count). The SMILES string of the molecule is Cc1ccc(NC(=O)CN2C[C@@H](N)[C@H](N)C2)cc1Br. The van der Waals surface area contributed by atoms with Crippen molar-refractivity contribution >= 4 is 27.5 Å². The van der Waals surface area contributed by atoms with Crippen LogP contribution in [-0.4, -0.2) is 42.5 Å². The Balaban J connectivity index is 1.89. The minimum absolute atomic E-state index is 0.0404. The number of nitrogens with zero attached hydrogens (tertiary/aromatic N) is 1. The van der Waals surface area contributed by atoms with Gasteiger partial charge >= 0.3 is 0 Å². The maximum atomic E-state index is 11.9. The smallest absolute Gasteiger partial charge is 0.238 e. The molecule has 1 amide bonds. The number of amides is 1. The molecule has 1 aliphatic heterocycles. The zero-order valence-corrected chi connectivity index (χ0v) is 12.5. The molecule has 5 nitrogen and oxygen atoms in total. The topological polar surface area (TPSA) is 84.4 Å². The summed E-state index contributed by atoms with van der Waals surface area (Å²) in [5, 5.41) is 2.87. The second-order valence-electron chi connectivity index (χ2n) is 5.03. The number of aryl methyl sites for hydroxylation is 1. The lowest BCUT2D eigenvalue weighted by Crippen LogP contribution is -2.39. The number of hydrogen-bond donors (Lipinski definition) is 3. The van der Waals surface area contributed by atoms with E-state index in [1.165, 1.54) is 0 Å². The summed E-state index contributed by atoms with van der Waals surface area (Å²) in [6.45, 7) is 3.67. The first kappa shape index (κ1) is 14.5. The molecule has 19 heavy (non-hydrogen) atoms. The molecule has 0 bridgehead atoms. The van der Waals surface area contributed by atoms with Crippen molar-refractivity contribution in [3.63, 3.8) is 0 Å². The number of benzene rings is 1. The Morgan fingerprint density at radius 2 is 2.05 bits per heavy atom. The first-order valence-electron chi connectivity index (χ1n) is 6.25. The molecule has 1 fully saturated rings. The van der Waals surface area contributed by atoms with Crippen molar-refractivity contribution in [3.05, 3.63) is 28.2 Å². The minimum atomic E-state index is -0.0444. The molecule has 1 aromatic rings. The number of nitrogens with one attached hydrogen (secondary N) is 1. The number of likely N-dealkylation sites (tertiary alicyclic amines) is 1. The van der Waals surface area contributed by atoms with Crippen LogP contribution in [0.25, 0.3) is 0 Å². The predicted molar refractivity (Wildman–Crippen MR) is 79.9 cm³/mol. The third-order valence-corrected chi connectivity index (χ3v) is 4.17. The Bertz CT molecular complexity index is 470. The Morgan fingerprint density at radius 1 is 1.42 bits per heavy atom. The maximum absolute atomic E-state index is 11.9. The summed E-state index contributed by atoms with van der Waals surface area (Å²) in [5.41, 5.74) is 13.6. The fraction of sp³-hybridized carbons (Fsp3) is 0.462. The Morgan fingerprint density at radius 3 is 2.63 bits per heavy atom. The van der Waals surface area contributed by atoms with Crippen molar-refractivity contribution in [3.8, 4) is 0 Å². The molecule has 1 saturated heterocycles. The van der Waals surface area contributed by atoms with E-state index in [2.05, 4.69) is 21.2 Å². The number of nitrogens with two attached hydrogens (primary N) is 2. The standard InChI is InChI=1S/C13H19BrN4O/c1-8-2-3-9(4-10(8)14)17-13(19)7-18-5-11(15)12(16)6-18/h2-4,11-12H,5-7,15-16H2,1H3,(H,17,19)/t11-,12-/m1/s1. The van der Waals surface area contributed by atoms with Gasteiger partial charge in [0, 0.05) is 35.3 Å². The maximum Gasteiger partial charge on any atom is 0.238 e. The molecule has 1 heterocycles. The number of carbonyl (C=O) groups excluding carboxylic acids is 1. The van der Waals surface area contributed by atoms with E-state index in [4.69, 9.17) is 11.5 Å². The zero-order chi connectivity index (χ0) is 14.0. The molecule has 6 heteroatoms. The molecule has 2 atom stereocenters. The van der Waals surface area contributed by atoms with Crippen LogP contribution in [0.5, 0.6) is 0 Å². The predicted octanol–water partition coefficient (Wildman–Crippen LogP) is 0.666. The van der Waals surface area contributed by atoms with Gasteiger partial charge in [-0.3, -0.25) is 9.69 Å². The molecule has 1 aliphatic rings. The summed E-state index contributed by atoms with van der Waals surface area (Å²) in [6, 6.07) is 5.66. The normalized spacial score (nSPS) is 23.6. The Kier molecular flexibility index (Phi) is 4.57. The van der Waals surface area contributed by atoms with Gasteiger partial charge in [0.15, 0.2) is 0 Å². The summed E-state index contributed by atoms with van der Waals surface area (Å²) in [5.74, 6) is -0.0444. The molecule has 5 N–H and O–H groups in total. The molecule has 0 radical (unpaired) electrons. The highest BCUT2D eigenvalue weighted by molar-refractivity contribution is 9.10. The van der Waals surface area contributed by atoms with Gasteiger partial charge in [-0.25, -0.2) is 0 Å². The van der Waals surface area contributed by atoms with Gasteiger partial charge in [-0.15, -0.1) is 0 Å². The van der Waals surface area contributed by atoms with Crippen molar-refractivity contribution in [2.75, 3.05) is 25.0 Å². The van der Waals surface area contributed by atoms with Gasteiger partial charge in [0.05, 0.1) is 6.54 Å². The van der Waals surface area contributed by atoms with Crippen LogP contribution in [0.3, 0.4) is 0 Å². The van der Waals surface area contributed by atoms with Crippen molar-refractivity contribution in [1.82, 2.24) is 4.90 Å². The molecule has 0 aromatic heterocycles. The number of carbonyl (C=O) groups is 1. The van der Waals surface area contributed by atoms with Gasteiger partial charge in [0.1, 0.15) is 0 Å². The highest BCUT2D eigenvalue weighted by atomic mass is 79.9. The fourth-order valence-corrected chi connectivity index (χ4v) is 2.52. The molecule has 0 saturated carbocycles. The van der Waals surface area contributed by atoms with Gasteiger partial charge in [-0.2, -0.15) is 0 Å². The monoisotopic (exact) mass is 326 g/mol. The van der Waals surface area contributed by atoms with Crippen LogP contribution in [0.2, 0.25) is 0 Å². The molecular formula is C13H19BrN4O. The fourth-order valence-electron chi connectivity index (χ4n) is 2.14. The van der Waals surface area contributed by atoms with Gasteiger partial charge in [-0.1, -0.05) is 22.0 Å². The van der Waals surface area contributed by atoms with Crippen LogP contribution in [-0.2, 0) is 4.79 Å². The lowest BCUT2D eigenvalue weighted by atomic mass is 10.2. The van der Waals surface area contributed by atoms with E-state index in [0.717, 1.165) is 15.7 Å². The molecule has 104 valence electrons. The molecule has 0 spiro atoms. The summed E-state index contributed by atoms with van der Waals surface area (Å²) in [4.78, 5) is 13.9. The van der Waals surface area contributed by atoms with Crippen LogP contribution in [0.4, 0.5) is 5.69 Å². The third kappa shape index (κ3) is 3.76. The summed E-state index contributed by atoms with van der Waals surface area (Å²) >= 11 is 3.45. The van der Waals surface area contributed by atoms with Crippen LogP contribution in [0.1, 0.15) is 5.56 Å². The van der Waals surface area contributed by atoms with Gasteiger partial charge in [0.2, 0.25) is 5.91 Å². The summed E-state index contributed by atoms with van der Waals surface area (Å²) in [7, 11) is 0. The van der Waals surface area contributed by atoms with Gasteiger partial charge < -0.3 is 16.8 Å². The van der Waals surface area contributed by atoms with Gasteiger partial charge in [0.25, 0.3) is 0 Å². The second kappa shape index (κ2) is 6.00. The highest BCUT2D eigenvalue weighted by Gasteiger charge is 2.28. The number of rotatable bonds is 3. The van der Waals surface area contributed by atoms with Crippen LogP contribution < -0.4 is 16.8 Å². The van der Waals surface area contributed by atoms with Gasteiger partial charge in [-0.05, 0) is 24.6 Å². The first-order chi connectivity index (χ1) is 8.95. The van der Waals surface area contributed by atoms with Crippen LogP contribution in [0.15, 0.2) is 22.7 Å². The van der Waals surface area contributed by atoms with E-state index in [1.54, 1.807) is 0 Å². The largest absolute Gasteiger partial charge is 0.325 e. The summed E-state index contributed by atoms with van der Waals surface area (Å²) < 4.78 is 0.982. The number of hydrogen-bond acceptors (Lipinski definition) is 4. The zero-order valence-electron chi connectivity index (χ0n) is 10.9. The Labute approximate surface area is 121 Å². The molecular weight excluding hydrogens is 308 g/mol. The molecule has 0 aliphatic carbocycles. The number of halogens is 1. The van der Waals surface area contributed by atoms with Crippen molar-refractivity contribution in [2.45, 2.75) is 19.0 Å². The van der Waals surface area contributed by atoms with Crippen LogP contribution in [0, 0.1) is 6.92 Å². The van der Waals surface area contributed by atoms with Crippen LogP contribution >= 0.6 is 15.9 Å². The van der Waals surface area contributed by atoms with E-state index in [0.29, 0.717) is 19.6 Å². The van der Waals surface area contributed by atoms with E-state index in [1.807, 2.05) is 30.0 Å². The quantitative estimate of drug-likeness (QED) is 0.762. The lowest BCUT2D eigenvalue weighted by molar-refractivity contribution is -0.117. The molecule has 0 unspecified atom stereocenters. The third-order valence-electron chi connectivity index (χ3n) is 3.31. The average molecular weight is 327 g/mol. The lowest BCUT2D eigenvalue weighted by Gasteiger charge is -2.15. The average Bonchev–Trinajstić information content (AvgIpc) is 2.63.